The predicted molar refractivity (Wildman–Crippen MR) is 85.5 cm³/mol. The first kappa shape index (κ1) is 14.3. The summed E-state index contributed by atoms with van der Waals surface area (Å²) in [7, 11) is 0. The largest absolute Gasteiger partial charge is 0.307 e. The van der Waals surface area contributed by atoms with Crippen molar-refractivity contribution in [1.82, 2.24) is 5.32 Å². The smallest absolute Gasteiger partial charge is 0.0576 e. The third kappa shape index (κ3) is 3.68. The molecule has 1 N–H and O–H groups in total. The summed E-state index contributed by atoms with van der Waals surface area (Å²) in [4.78, 5) is 0. The molecular formula is C17H20BrN. The Kier molecular flexibility index (Phi) is 5.17. The Hall–Kier alpha value is -1.12. The fraction of sp³-hybridized carbons (Fsp3) is 0.294. The standard InChI is InChI=1S/C17H20BrN/c1-3-13-6-5-7-15(12-13)17(19-4-2)14-8-10-16(18)11-9-14/h5-12,17,19H,3-4H2,1-2H3. The van der Waals surface area contributed by atoms with Crippen LogP contribution >= 0.6 is 15.9 Å². The lowest BCUT2D eigenvalue weighted by molar-refractivity contribution is 0.630. The number of nitrogens with one attached hydrogen (secondary N) is 1. The maximum atomic E-state index is 3.57. The summed E-state index contributed by atoms with van der Waals surface area (Å²) in [6.07, 6.45) is 1.08. The highest BCUT2D eigenvalue weighted by Crippen LogP contribution is 2.24. The molecule has 0 aliphatic carbocycles. The molecule has 2 aromatic carbocycles. The second-order valence-electron chi connectivity index (χ2n) is 4.64. The van der Waals surface area contributed by atoms with Crippen molar-refractivity contribution in [2.75, 3.05) is 6.54 Å². The number of aryl methyl sites for hydroxylation is 1. The van der Waals surface area contributed by atoms with Gasteiger partial charge in [0, 0.05) is 4.47 Å². The summed E-state index contributed by atoms with van der Waals surface area (Å²) >= 11 is 3.49. The highest BCUT2D eigenvalue weighted by atomic mass is 79.9. The minimum absolute atomic E-state index is 0.268. The lowest BCUT2D eigenvalue weighted by Gasteiger charge is -2.19. The molecule has 2 aromatic rings. The molecule has 2 rings (SSSR count). The Morgan fingerprint density at radius 3 is 2.37 bits per heavy atom. The minimum Gasteiger partial charge on any atom is -0.307 e. The van der Waals surface area contributed by atoms with Gasteiger partial charge >= 0.3 is 0 Å². The molecule has 0 heterocycles. The average Bonchev–Trinajstić information content (AvgIpc) is 2.46. The number of hydrogen-bond donors (Lipinski definition) is 1. The summed E-state index contributed by atoms with van der Waals surface area (Å²) < 4.78 is 1.12. The molecular weight excluding hydrogens is 298 g/mol. The van der Waals surface area contributed by atoms with Gasteiger partial charge in [0.2, 0.25) is 0 Å². The number of rotatable bonds is 5. The van der Waals surface area contributed by atoms with E-state index < -0.39 is 0 Å². The third-order valence-electron chi connectivity index (χ3n) is 3.30. The van der Waals surface area contributed by atoms with Gasteiger partial charge < -0.3 is 5.32 Å². The first-order valence-corrected chi connectivity index (χ1v) is 7.61. The summed E-state index contributed by atoms with van der Waals surface area (Å²) in [6, 6.07) is 17.7. The van der Waals surface area contributed by atoms with Crippen molar-refractivity contribution in [3.05, 3.63) is 69.7 Å². The molecule has 19 heavy (non-hydrogen) atoms. The van der Waals surface area contributed by atoms with Crippen molar-refractivity contribution in [3.63, 3.8) is 0 Å². The Morgan fingerprint density at radius 1 is 1.00 bits per heavy atom. The van der Waals surface area contributed by atoms with Crippen LogP contribution in [-0.4, -0.2) is 6.54 Å². The number of benzene rings is 2. The van der Waals surface area contributed by atoms with Crippen molar-refractivity contribution in [2.45, 2.75) is 26.3 Å². The Bertz CT molecular complexity index is 519. The van der Waals surface area contributed by atoms with Gasteiger partial charge in [0.05, 0.1) is 6.04 Å². The molecule has 0 fully saturated rings. The molecule has 0 amide bonds. The van der Waals surface area contributed by atoms with Crippen LogP contribution in [0.3, 0.4) is 0 Å². The summed E-state index contributed by atoms with van der Waals surface area (Å²) in [5.41, 5.74) is 4.03. The van der Waals surface area contributed by atoms with Gasteiger partial charge in [-0.1, -0.05) is 66.2 Å². The van der Waals surface area contributed by atoms with E-state index in [0.29, 0.717) is 0 Å². The SMILES string of the molecule is CCNC(c1ccc(Br)cc1)c1cccc(CC)c1. The fourth-order valence-corrected chi connectivity index (χ4v) is 2.54. The lowest BCUT2D eigenvalue weighted by atomic mass is 9.96. The van der Waals surface area contributed by atoms with Crippen molar-refractivity contribution < 1.29 is 0 Å². The molecule has 1 unspecified atom stereocenters. The van der Waals surface area contributed by atoms with E-state index in [4.69, 9.17) is 0 Å². The second-order valence-corrected chi connectivity index (χ2v) is 5.56. The van der Waals surface area contributed by atoms with Gasteiger partial charge in [-0.2, -0.15) is 0 Å². The van der Waals surface area contributed by atoms with Crippen LogP contribution in [0.1, 0.15) is 36.6 Å². The van der Waals surface area contributed by atoms with Crippen molar-refractivity contribution in [1.29, 1.82) is 0 Å². The minimum atomic E-state index is 0.268. The van der Waals surface area contributed by atoms with Crippen LogP contribution in [0.15, 0.2) is 53.0 Å². The highest BCUT2D eigenvalue weighted by molar-refractivity contribution is 9.10. The maximum absolute atomic E-state index is 3.57. The normalized spacial score (nSPS) is 12.4. The van der Waals surface area contributed by atoms with Crippen molar-refractivity contribution in [2.24, 2.45) is 0 Å². The van der Waals surface area contributed by atoms with Crippen LogP contribution in [0.25, 0.3) is 0 Å². The Morgan fingerprint density at radius 2 is 1.74 bits per heavy atom. The summed E-state index contributed by atoms with van der Waals surface area (Å²) in [6.45, 7) is 5.30. The van der Waals surface area contributed by atoms with Gasteiger partial charge in [-0.3, -0.25) is 0 Å². The molecule has 0 spiro atoms. The van der Waals surface area contributed by atoms with E-state index in [1.807, 2.05) is 0 Å². The van der Waals surface area contributed by atoms with E-state index in [-0.39, 0.29) is 6.04 Å². The molecule has 0 radical (unpaired) electrons. The quantitative estimate of drug-likeness (QED) is 0.842. The van der Waals surface area contributed by atoms with Gasteiger partial charge in [0.1, 0.15) is 0 Å². The summed E-state index contributed by atoms with van der Waals surface area (Å²) in [5.74, 6) is 0. The molecule has 0 aliphatic rings. The molecule has 0 saturated heterocycles. The molecule has 0 aromatic heterocycles. The van der Waals surface area contributed by atoms with Gasteiger partial charge in [-0.05, 0) is 41.8 Å². The first-order valence-electron chi connectivity index (χ1n) is 6.82. The van der Waals surface area contributed by atoms with E-state index in [2.05, 4.69) is 83.6 Å². The summed E-state index contributed by atoms with van der Waals surface area (Å²) in [5, 5.41) is 3.57. The fourth-order valence-electron chi connectivity index (χ4n) is 2.28. The van der Waals surface area contributed by atoms with Crippen LogP contribution in [0.2, 0.25) is 0 Å². The van der Waals surface area contributed by atoms with Crippen LogP contribution in [0, 0.1) is 0 Å². The Labute approximate surface area is 124 Å². The van der Waals surface area contributed by atoms with Gasteiger partial charge in [-0.15, -0.1) is 0 Å². The lowest BCUT2D eigenvalue weighted by Crippen LogP contribution is -2.22. The first-order chi connectivity index (χ1) is 9.24. The number of halogens is 1. The highest BCUT2D eigenvalue weighted by Gasteiger charge is 2.12. The topological polar surface area (TPSA) is 12.0 Å². The third-order valence-corrected chi connectivity index (χ3v) is 3.83. The maximum Gasteiger partial charge on any atom is 0.0576 e. The zero-order chi connectivity index (χ0) is 13.7. The predicted octanol–water partition coefficient (Wildman–Crippen LogP) is 4.71. The van der Waals surface area contributed by atoms with Gasteiger partial charge in [-0.25, -0.2) is 0 Å². The monoisotopic (exact) mass is 317 g/mol. The second kappa shape index (κ2) is 6.88. The molecule has 1 nitrogen and oxygen atoms in total. The molecule has 2 heteroatoms. The van der Waals surface area contributed by atoms with E-state index in [0.717, 1.165) is 17.4 Å². The van der Waals surface area contributed by atoms with Crippen LogP contribution in [0.5, 0.6) is 0 Å². The van der Waals surface area contributed by atoms with Gasteiger partial charge in [0.25, 0.3) is 0 Å². The average molecular weight is 318 g/mol. The van der Waals surface area contributed by atoms with Crippen LogP contribution < -0.4 is 5.32 Å². The van der Waals surface area contributed by atoms with Crippen LogP contribution in [-0.2, 0) is 6.42 Å². The zero-order valence-corrected chi connectivity index (χ0v) is 13.1. The van der Waals surface area contributed by atoms with E-state index in [1.54, 1.807) is 0 Å². The van der Waals surface area contributed by atoms with E-state index in [1.165, 1.54) is 16.7 Å². The van der Waals surface area contributed by atoms with E-state index >= 15 is 0 Å². The zero-order valence-electron chi connectivity index (χ0n) is 11.5. The number of hydrogen-bond acceptors (Lipinski definition) is 1. The molecule has 0 saturated carbocycles. The van der Waals surface area contributed by atoms with Crippen molar-refractivity contribution in [3.8, 4) is 0 Å². The van der Waals surface area contributed by atoms with Gasteiger partial charge in [0.15, 0.2) is 0 Å². The molecule has 0 aliphatic heterocycles. The molecule has 100 valence electrons. The van der Waals surface area contributed by atoms with E-state index in [9.17, 15) is 0 Å². The van der Waals surface area contributed by atoms with Crippen LogP contribution in [0.4, 0.5) is 0 Å². The molecule has 0 bridgehead atoms. The van der Waals surface area contributed by atoms with Crippen molar-refractivity contribution >= 4 is 15.9 Å². The Balaban J connectivity index is 2.35. The molecule has 1 atom stereocenters.